The van der Waals surface area contributed by atoms with E-state index in [1.807, 2.05) is 30.3 Å². The largest absolute Gasteiger partial charge is 0.493 e. The van der Waals surface area contributed by atoms with Gasteiger partial charge in [-0.25, -0.2) is 4.39 Å². The summed E-state index contributed by atoms with van der Waals surface area (Å²) in [6.45, 7) is 4.25. The second kappa shape index (κ2) is 14.4. The van der Waals surface area contributed by atoms with Crippen LogP contribution in [0.1, 0.15) is 22.7 Å². The lowest BCUT2D eigenvalue weighted by atomic mass is 10.0. The average Bonchev–Trinajstić information content (AvgIpc) is 2.99. The van der Waals surface area contributed by atoms with E-state index in [-0.39, 0.29) is 30.6 Å². The first kappa shape index (κ1) is 29.0. The molecule has 3 aromatic rings. The van der Waals surface area contributed by atoms with Crippen molar-refractivity contribution < 1.29 is 28.2 Å². The van der Waals surface area contributed by atoms with Crippen LogP contribution < -0.4 is 14.8 Å². The zero-order chi connectivity index (χ0) is 28.3. The zero-order valence-electron chi connectivity index (χ0n) is 23.0. The number of nitrogens with zero attached hydrogens (tertiary/aromatic N) is 2. The van der Waals surface area contributed by atoms with Crippen LogP contribution in [0.4, 0.5) is 4.39 Å². The SMILES string of the molecule is COc1ccc(CC(=O)N(Cc2ccc(F)cc2)C(C(=O)NCCN2CCOCC2)c2ccccc2)cc1OC. The van der Waals surface area contributed by atoms with Crippen molar-refractivity contribution in [3.05, 3.63) is 95.3 Å². The molecule has 0 bridgehead atoms. The Labute approximate surface area is 234 Å². The molecular weight excluding hydrogens is 513 g/mol. The van der Waals surface area contributed by atoms with Gasteiger partial charge in [-0.1, -0.05) is 48.5 Å². The van der Waals surface area contributed by atoms with Crippen LogP contribution in [0, 0.1) is 5.82 Å². The molecule has 1 N–H and O–H groups in total. The quantitative estimate of drug-likeness (QED) is 0.372. The predicted molar refractivity (Wildman–Crippen MR) is 150 cm³/mol. The van der Waals surface area contributed by atoms with Crippen molar-refractivity contribution in [2.45, 2.75) is 19.0 Å². The third-order valence-corrected chi connectivity index (χ3v) is 6.90. The van der Waals surface area contributed by atoms with Crippen molar-refractivity contribution in [3.8, 4) is 11.5 Å². The fraction of sp³-hybridized carbons (Fsp3) is 0.355. The van der Waals surface area contributed by atoms with Gasteiger partial charge in [0, 0.05) is 32.7 Å². The molecule has 40 heavy (non-hydrogen) atoms. The van der Waals surface area contributed by atoms with Gasteiger partial charge in [0.2, 0.25) is 11.8 Å². The Morgan fingerprint density at radius 3 is 2.30 bits per heavy atom. The molecule has 8 nitrogen and oxygen atoms in total. The van der Waals surface area contributed by atoms with Gasteiger partial charge >= 0.3 is 0 Å². The summed E-state index contributed by atoms with van der Waals surface area (Å²) < 4.78 is 29.8. The highest BCUT2D eigenvalue weighted by atomic mass is 19.1. The highest BCUT2D eigenvalue weighted by Crippen LogP contribution is 2.29. The molecular formula is C31H36FN3O5. The maximum atomic E-state index is 14.0. The number of carbonyl (C=O) groups is 2. The number of rotatable bonds is 12. The molecule has 1 fully saturated rings. The van der Waals surface area contributed by atoms with E-state index in [0.29, 0.717) is 54.5 Å². The van der Waals surface area contributed by atoms with E-state index in [2.05, 4.69) is 10.2 Å². The molecule has 1 heterocycles. The number of nitrogens with one attached hydrogen (secondary N) is 1. The van der Waals surface area contributed by atoms with Crippen LogP contribution in [0.5, 0.6) is 11.5 Å². The molecule has 1 aliphatic rings. The monoisotopic (exact) mass is 549 g/mol. The molecule has 0 spiro atoms. The molecule has 4 rings (SSSR count). The number of morpholine rings is 1. The summed E-state index contributed by atoms with van der Waals surface area (Å²) in [5.74, 6) is 0.172. The second-order valence-corrected chi connectivity index (χ2v) is 9.57. The summed E-state index contributed by atoms with van der Waals surface area (Å²) in [4.78, 5) is 31.5. The molecule has 0 radical (unpaired) electrons. The Morgan fingerprint density at radius 2 is 1.62 bits per heavy atom. The molecule has 2 amide bonds. The summed E-state index contributed by atoms with van der Waals surface area (Å²) >= 11 is 0. The lowest BCUT2D eigenvalue weighted by Gasteiger charge is -2.32. The second-order valence-electron chi connectivity index (χ2n) is 9.57. The Hall–Kier alpha value is -3.95. The number of amides is 2. The molecule has 0 aliphatic carbocycles. The molecule has 1 unspecified atom stereocenters. The number of methoxy groups -OCH3 is 2. The van der Waals surface area contributed by atoms with Gasteiger partial charge in [-0.3, -0.25) is 14.5 Å². The highest BCUT2D eigenvalue weighted by Gasteiger charge is 2.31. The van der Waals surface area contributed by atoms with E-state index in [0.717, 1.165) is 13.1 Å². The highest BCUT2D eigenvalue weighted by molar-refractivity contribution is 5.89. The van der Waals surface area contributed by atoms with Gasteiger partial charge in [0.1, 0.15) is 11.9 Å². The van der Waals surface area contributed by atoms with E-state index in [1.165, 1.54) is 19.2 Å². The lowest BCUT2D eigenvalue weighted by molar-refractivity contribution is -0.141. The van der Waals surface area contributed by atoms with Gasteiger partial charge in [0.05, 0.1) is 33.9 Å². The normalized spacial score (nSPS) is 14.3. The van der Waals surface area contributed by atoms with Crippen LogP contribution in [0.2, 0.25) is 0 Å². The number of halogens is 1. The van der Waals surface area contributed by atoms with Gasteiger partial charge in [0.25, 0.3) is 0 Å². The molecule has 212 valence electrons. The van der Waals surface area contributed by atoms with Crippen molar-refractivity contribution in [2.75, 3.05) is 53.6 Å². The fourth-order valence-electron chi connectivity index (χ4n) is 4.74. The van der Waals surface area contributed by atoms with Crippen molar-refractivity contribution in [3.63, 3.8) is 0 Å². The predicted octanol–water partition coefficient (Wildman–Crippen LogP) is 3.60. The number of hydrogen-bond acceptors (Lipinski definition) is 6. The van der Waals surface area contributed by atoms with Gasteiger partial charge in [-0.05, 0) is 41.0 Å². The Bertz CT molecular complexity index is 1250. The van der Waals surface area contributed by atoms with Crippen molar-refractivity contribution in [1.82, 2.24) is 15.1 Å². The maximum Gasteiger partial charge on any atom is 0.247 e. The maximum absolute atomic E-state index is 14.0. The van der Waals surface area contributed by atoms with Crippen LogP contribution in [0.15, 0.2) is 72.8 Å². The molecule has 1 saturated heterocycles. The topological polar surface area (TPSA) is 80.3 Å². The number of benzene rings is 3. The molecule has 9 heteroatoms. The standard InChI is InChI=1S/C31H36FN3O5/c1-38-27-13-10-24(20-28(27)39-2)21-29(36)35(22-23-8-11-26(32)12-9-23)30(25-6-4-3-5-7-25)31(37)33-14-15-34-16-18-40-19-17-34/h3-13,20,30H,14-19,21-22H2,1-2H3,(H,33,37). The molecule has 1 aliphatic heterocycles. The van der Waals surface area contributed by atoms with Gasteiger partial charge in [0.15, 0.2) is 11.5 Å². The summed E-state index contributed by atoms with van der Waals surface area (Å²) in [5.41, 5.74) is 2.12. The lowest BCUT2D eigenvalue weighted by Crippen LogP contribution is -2.46. The fourth-order valence-corrected chi connectivity index (χ4v) is 4.74. The van der Waals surface area contributed by atoms with E-state index in [9.17, 15) is 14.0 Å². The van der Waals surface area contributed by atoms with Crippen molar-refractivity contribution in [1.29, 1.82) is 0 Å². The van der Waals surface area contributed by atoms with E-state index in [1.54, 1.807) is 42.3 Å². The van der Waals surface area contributed by atoms with E-state index >= 15 is 0 Å². The molecule has 0 saturated carbocycles. The third kappa shape index (κ3) is 7.80. The summed E-state index contributed by atoms with van der Waals surface area (Å²) in [6.07, 6.45) is 0.0337. The minimum atomic E-state index is -0.886. The summed E-state index contributed by atoms with van der Waals surface area (Å²) in [7, 11) is 3.09. The van der Waals surface area contributed by atoms with E-state index < -0.39 is 6.04 Å². The van der Waals surface area contributed by atoms with Crippen LogP contribution in [0.3, 0.4) is 0 Å². The van der Waals surface area contributed by atoms with E-state index in [4.69, 9.17) is 14.2 Å². The van der Waals surface area contributed by atoms with Gasteiger partial charge in [-0.2, -0.15) is 0 Å². The van der Waals surface area contributed by atoms with Gasteiger partial charge in [-0.15, -0.1) is 0 Å². The van der Waals surface area contributed by atoms with Crippen LogP contribution >= 0.6 is 0 Å². The first-order chi connectivity index (χ1) is 19.5. The molecule has 0 aromatic heterocycles. The average molecular weight is 550 g/mol. The zero-order valence-corrected chi connectivity index (χ0v) is 23.0. The first-order valence-electron chi connectivity index (χ1n) is 13.4. The summed E-state index contributed by atoms with van der Waals surface area (Å²) in [6, 6.07) is 19.6. The van der Waals surface area contributed by atoms with Crippen molar-refractivity contribution >= 4 is 11.8 Å². The number of carbonyl (C=O) groups excluding carboxylic acids is 2. The molecule has 3 aromatic carbocycles. The minimum absolute atomic E-state index is 0.0337. The Morgan fingerprint density at radius 1 is 0.950 bits per heavy atom. The van der Waals surface area contributed by atoms with Crippen LogP contribution in [0.25, 0.3) is 0 Å². The third-order valence-electron chi connectivity index (χ3n) is 6.90. The van der Waals surface area contributed by atoms with Crippen LogP contribution in [-0.4, -0.2) is 75.2 Å². The summed E-state index contributed by atoms with van der Waals surface area (Å²) in [5, 5.41) is 3.04. The Kier molecular flexibility index (Phi) is 10.5. The minimum Gasteiger partial charge on any atom is -0.493 e. The first-order valence-corrected chi connectivity index (χ1v) is 13.4. The number of hydrogen-bond donors (Lipinski definition) is 1. The number of ether oxygens (including phenoxy) is 3. The van der Waals surface area contributed by atoms with Gasteiger partial charge < -0.3 is 24.4 Å². The van der Waals surface area contributed by atoms with Crippen molar-refractivity contribution in [2.24, 2.45) is 0 Å². The smallest absolute Gasteiger partial charge is 0.247 e. The Balaban J connectivity index is 1.61. The molecule has 1 atom stereocenters. The van der Waals surface area contributed by atoms with Crippen LogP contribution in [-0.2, 0) is 27.3 Å².